The predicted octanol–water partition coefficient (Wildman–Crippen LogP) is 0.795. The number of amides is 2. The Labute approximate surface area is 200 Å². The molecule has 2 heterocycles. The number of carbonyl (C=O) groups is 4. The smallest absolute Gasteiger partial charge is 0.341 e. The fourth-order valence-corrected chi connectivity index (χ4v) is 5.02. The molecule has 2 amide bonds. The van der Waals surface area contributed by atoms with E-state index in [0.717, 1.165) is 0 Å². The van der Waals surface area contributed by atoms with E-state index in [1.807, 2.05) is 0 Å². The van der Waals surface area contributed by atoms with Crippen LogP contribution in [0.2, 0.25) is 0 Å². The molecule has 4 N–H and O–H groups in total. The van der Waals surface area contributed by atoms with Gasteiger partial charge in [0.2, 0.25) is 11.8 Å². The highest BCUT2D eigenvalue weighted by molar-refractivity contribution is 6.09. The SMILES string of the molecule is COC(=O)c1c(OC)cc(OC)cc1C1NC(Cc2ccc(O)cc2)(C(=O)O)C2C(=O)NC(=O)C12. The van der Waals surface area contributed by atoms with Crippen molar-refractivity contribution in [3.05, 3.63) is 53.1 Å². The van der Waals surface area contributed by atoms with Crippen molar-refractivity contribution >= 4 is 23.8 Å². The Balaban J connectivity index is 1.92. The summed E-state index contributed by atoms with van der Waals surface area (Å²) >= 11 is 0. The van der Waals surface area contributed by atoms with Gasteiger partial charge in [0.15, 0.2) is 0 Å². The highest BCUT2D eigenvalue weighted by atomic mass is 16.5. The molecule has 2 saturated heterocycles. The molecule has 0 radical (unpaired) electrons. The van der Waals surface area contributed by atoms with Crippen LogP contribution in [0, 0.1) is 11.8 Å². The fraction of sp³-hybridized carbons (Fsp3) is 0.333. The molecule has 0 aliphatic carbocycles. The van der Waals surface area contributed by atoms with Gasteiger partial charge in [-0.3, -0.25) is 25.0 Å². The number of imide groups is 1. The van der Waals surface area contributed by atoms with Crippen molar-refractivity contribution in [3.8, 4) is 17.2 Å². The minimum absolute atomic E-state index is 0.00626. The second kappa shape index (κ2) is 8.91. The number of benzene rings is 2. The van der Waals surface area contributed by atoms with Crippen molar-refractivity contribution < 1.29 is 43.6 Å². The average molecular weight is 484 g/mol. The zero-order chi connectivity index (χ0) is 25.5. The highest BCUT2D eigenvalue weighted by Gasteiger charge is 2.66. The van der Waals surface area contributed by atoms with Gasteiger partial charge in [-0.05, 0) is 29.3 Å². The third kappa shape index (κ3) is 3.83. The van der Waals surface area contributed by atoms with Gasteiger partial charge in [0.1, 0.15) is 28.4 Å². The summed E-state index contributed by atoms with van der Waals surface area (Å²) in [7, 11) is 3.92. The van der Waals surface area contributed by atoms with Gasteiger partial charge in [-0.15, -0.1) is 0 Å². The van der Waals surface area contributed by atoms with Crippen LogP contribution in [0.15, 0.2) is 36.4 Å². The number of esters is 1. The summed E-state index contributed by atoms with van der Waals surface area (Å²) in [5.41, 5.74) is -1.21. The minimum atomic E-state index is -1.90. The second-order valence-corrected chi connectivity index (χ2v) is 8.38. The number of hydrogen-bond donors (Lipinski definition) is 4. The van der Waals surface area contributed by atoms with E-state index in [1.165, 1.54) is 57.7 Å². The number of rotatable bonds is 7. The van der Waals surface area contributed by atoms with Gasteiger partial charge in [-0.2, -0.15) is 0 Å². The number of aromatic hydroxyl groups is 1. The number of carboxylic acid groups (broad SMARTS) is 1. The van der Waals surface area contributed by atoms with Crippen LogP contribution in [0.5, 0.6) is 17.2 Å². The van der Waals surface area contributed by atoms with Crippen molar-refractivity contribution in [1.82, 2.24) is 10.6 Å². The van der Waals surface area contributed by atoms with Crippen LogP contribution in [0.25, 0.3) is 0 Å². The van der Waals surface area contributed by atoms with E-state index in [9.17, 15) is 29.4 Å². The molecule has 4 rings (SSSR count). The van der Waals surface area contributed by atoms with Gasteiger partial charge in [0.25, 0.3) is 0 Å². The van der Waals surface area contributed by atoms with Crippen LogP contribution in [0.4, 0.5) is 0 Å². The Morgan fingerprint density at radius 1 is 1.03 bits per heavy atom. The van der Waals surface area contributed by atoms with Crippen LogP contribution >= 0.6 is 0 Å². The first-order valence-corrected chi connectivity index (χ1v) is 10.6. The summed E-state index contributed by atoms with van der Waals surface area (Å²) in [6, 6.07) is 7.74. The number of aliphatic carboxylic acids is 1. The van der Waals surface area contributed by atoms with Crippen LogP contribution < -0.4 is 20.1 Å². The maximum absolute atomic E-state index is 12.9. The number of nitrogens with one attached hydrogen (secondary N) is 2. The number of carboxylic acids is 1. The van der Waals surface area contributed by atoms with Crippen LogP contribution in [0.1, 0.15) is 27.5 Å². The third-order valence-electron chi connectivity index (χ3n) is 6.58. The summed E-state index contributed by atoms with van der Waals surface area (Å²) in [4.78, 5) is 51.3. The normalized spacial score (nSPS) is 25.1. The molecule has 0 bridgehead atoms. The molecule has 11 heteroatoms. The Morgan fingerprint density at radius 3 is 2.29 bits per heavy atom. The van der Waals surface area contributed by atoms with E-state index in [0.29, 0.717) is 11.3 Å². The zero-order valence-corrected chi connectivity index (χ0v) is 19.2. The van der Waals surface area contributed by atoms with Crippen molar-refractivity contribution in [1.29, 1.82) is 0 Å². The molecule has 0 spiro atoms. The predicted molar refractivity (Wildman–Crippen MR) is 119 cm³/mol. The lowest BCUT2D eigenvalue weighted by atomic mass is 9.76. The molecular formula is C24H24N2O9. The molecule has 2 aromatic rings. The number of carbonyl (C=O) groups excluding carboxylic acids is 3. The van der Waals surface area contributed by atoms with E-state index in [-0.39, 0.29) is 29.0 Å². The Hall–Kier alpha value is -4.12. The molecule has 4 atom stereocenters. The van der Waals surface area contributed by atoms with Gasteiger partial charge < -0.3 is 24.4 Å². The largest absolute Gasteiger partial charge is 0.508 e. The van der Waals surface area contributed by atoms with Crippen molar-refractivity contribution in [2.75, 3.05) is 21.3 Å². The maximum atomic E-state index is 12.9. The number of fused-ring (bicyclic) bond motifs is 1. The van der Waals surface area contributed by atoms with Gasteiger partial charge in [-0.1, -0.05) is 12.1 Å². The molecule has 0 saturated carbocycles. The summed E-state index contributed by atoms with van der Waals surface area (Å²) < 4.78 is 15.6. The van der Waals surface area contributed by atoms with Crippen LogP contribution in [0.3, 0.4) is 0 Å². The molecule has 2 aromatic carbocycles. The average Bonchev–Trinajstić information content (AvgIpc) is 3.35. The van der Waals surface area contributed by atoms with Gasteiger partial charge in [-0.25, -0.2) is 4.79 Å². The van der Waals surface area contributed by atoms with E-state index in [2.05, 4.69) is 10.6 Å². The summed E-state index contributed by atoms with van der Waals surface area (Å²) in [6.07, 6.45) is -0.171. The van der Waals surface area contributed by atoms with Crippen LogP contribution in [-0.4, -0.2) is 60.8 Å². The lowest BCUT2D eigenvalue weighted by Crippen LogP contribution is -2.57. The van der Waals surface area contributed by atoms with Gasteiger partial charge in [0.05, 0.1) is 33.2 Å². The Kier molecular flexibility index (Phi) is 6.12. The lowest BCUT2D eigenvalue weighted by molar-refractivity contribution is -0.149. The zero-order valence-electron chi connectivity index (χ0n) is 19.2. The molecule has 0 aromatic heterocycles. The van der Waals surface area contributed by atoms with Crippen molar-refractivity contribution in [2.24, 2.45) is 11.8 Å². The second-order valence-electron chi connectivity index (χ2n) is 8.38. The van der Waals surface area contributed by atoms with E-state index in [1.54, 1.807) is 0 Å². The third-order valence-corrected chi connectivity index (χ3v) is 6.58. The summed E-state index contributed by atoms with van der Waals surface area (Å²) in [6.45, 7) is 0. The van der Waals surface area contributed by atoms with Crippen molar-refractivity contribution in [2.45, 2.75) is 18.0 Å². The number of ether oxygens (including phenoxy) is 3. The Bertz CT molecular complexity index is 1210. The molecule has 2 aliphatic rings. The Morgan fingerprint density at radius 2 is 1.71 bits per heavy atom. The van der Waals surface area contributed by atoms with E-state index in [4.69, 9.17) is 14.2 Å². The molecule has 184 valence electrons. The molecule has 35 heavy (non-hydrogen) atoms. The number of phenolic OH excluding ortho intramolecular Hbond substituents is 1. The van der Waals surface area contributed by atoms with Gasteiger partial charge >= 0.3 is 11.9 Å². The quantitative estimate of drug-likeness (QED) is 0.327. The molecular weight excluding hydrogens is 460 g/mol. The lowest BCUT2D eigenvalue weighted by Gasteiger charge is -2.30. The standard InChI is InChI=1S/C24H24N2O9/c1-33-13-8-14(16(22(30)35-3)15(9-13)34-2)19-17-18(21(29)25-20(17)28)24(26-19,23(31)32)10-11-4-6-12(27)7-5-11/h4-9,17-19,26-27H,10H2,1-3H3,(H,31,32)(H,25,28,29). The molecule has 4 unspecified atom stereocenters. The maximum Gasteiger partial charge on any atom is 0.341 e. The number of phenols is 1. The minimum Gasteiger partial charge on any atom is -0.508 e. The van der Waals surface area contributed by atoms with Gasteiger partial charge in [0, 0.05) is 18.5 Å². The van der Waals surface area contributed by atoms with Crippen molar-refractivity contribution in [3.63, 3.8) is 0 Å². The van der Waals surface area contributed by atoms with E-state index < -0.39 is 47.2 Å². The monoisotopic (exact) mass is 484 g/mol. The number of methoxy groups -OCH3 is 3. The highest BCUT2D eigenvalue weighted by Crippen LogP contribution is 2.49. The molecule has 11 nitrogen and oxygen atoms in total. The first-order valence-electron chi connectivity index (χ1n) is 10.6. The van der Waals surface area contributed by atoms with E-state index >= 15 is 0 Å². The summed E-state index contributed by atoms with van der Waals surface area (Å²) in [5, 5.41) is 25.2. The molecule has 2 aliphatic heterocycles. The topological polar surface area (TPSA) is 160 Å². The fourth-order valence-electron chi connectivity index (χ4n) is 5.02. The van der Waals surface area contributed by atoms with Crippen LogP contribution in [-0.2, 0) is 25.5 Å². The first kappa shape index (κ1) is 24.0. The first-order chi connectivity index (χ1) is 16.7. The summed E-state index contributed by atoms with van der Waals surface area (Å²) in [5.74, 6) is -5.55. The number of hydrogen-bond acceptors (Lipinski definition) is 9. The molecule has 2 fully saturated rings.